The summed E-state index contributed by atoms with van der Waals surface area (Å²) >= 11 is 1.21. The zero-order valence-corrected chi connectivity index (χ0v) is 5.72. The van der Waals surface area contributed by atoms with Gasteiger partial charge in [0.25, 0.3) is 0 Å². The highest BCUT2D eigenvalue weighted by Gasteiger charge is 1.97. The molecule has 0 aromatic carbocycles. The average Bonchev–Trinajstić information content (AvgIpc) is 2.31. The summed E-state index contributed by atoms with van der Waals surface area (Å²) in [7, 11) is 0. The standard InChI is InChI=1S/C4H5N3O2S/c5-3-1-10-4(7-3)9-6-2-8/h1-2H,5H2,(H,6,8). The van der Waals surface area contributed by atoms with Gasteiger partial charge in [-0.05, 0) is 0 Å². The lowest BCUT2D eigenvalue weighted by molar-refractivity contribution is -0.115. The van der Waals surface area contributed by atoms with Gasteiger partial charge >= 0.3 is 5.19 Å². The number of hydrogen-bond acceptors (Lipinski definition) is 5. The number of nitrogens with one attached hydrogen (secondary N) is 1. The number of nitrogens with two attached hydrogens (primary N) is 1. The van der Waals surface area contributed by atoms with E-state index in [1.807, 2.05) is 5.48 Å². The predicted molar refractivity (Wildman–Crippen MR) is 36.4 cm³/mol. The number of amides is 1. The highest BCUT2D eigenvalue weighted by molar-refractivity contribution is 7.11. The molecule has 0 bridgehead atoms. The molecule has 5 nitrogen and oxygen atoms in total. The van der Waals surface area contributed by atoms with E-state index in [4.69, 9.17) is 5.73 Å². The minimum atomic E-state index is 0.324. The molecule has 1 aromatic rings. The fourth-order valence-electron chi connectivity index (χ4n) is 0.390. The molecule has 1 amide bonds. The second-order valence-corrected chi connectivity index (χ2v) is 2.20. The Morgan fingerprint density at radius 1 is 1.90 bits per heavy atom. The monoisotopic (exact) mass is 159 g/mol. The maximum atomic E-state index is 9.69. The molecule has 6 heteroatoms. The van der Waals surface area contributed by atoms with E-state index < -0.39 is 0 Å². The number of nitrogens with zero attached hydrogens (tertiary/aromatic N) is 1. The van der Waals surface area contributed by atoms with E-state index in [1.165, 1.54) is 11.3 Å². The van der Waals surface area contributed by atoms with Gasteiger partial charge in [-0.1, -0.05) is 11.3 Å². The van der Waals surface area contributed by atoms with Crippen LogP contribution in [0.15, 0.2) is 5.38 Å². The molecule has 1 aromatic heterocycles. The Hall–Kier alpha value is -1.30. The minimum Gasteiger partial charge on any atom is -0.383 e. The van der Waals surface area contributed by atoms with Gasteiger partial charge in [-0.15, -0.1) is 0 Å². The molecule has 0 aliphatic carbocycles. The Morgan fingerprint density at radius 2 is 2.70 bits per heavy atom. The first kappa shape index (κ1) is 6.81. The third-order valence-electron chi connectivity index (χ3n) is 0.695. The molecule has 0 atom stereocenters. The number of thiazole rings is 1. The fourth-order valence-corrected chi connectivity index (χ4v) is 0.919. The van der Waals surface area contributed by atoms with Crippen molar-refractivity contribution in [1.29, 1.82) is 0 Å². The molecule has 54 valence electrons. The van der Waals surface area contributed by atoms with Gasteiger partial charge in [-0.2, -0.15) is 10.5 Å². The van der Waals surface area contributed by atoms with E-state index in [0.29, 0.717) is 17.4 Å². The fraction of sp³-hybridized carbons (Fsp3) is 0. The SMILES string of the molecule is Nc1csc(ONC=O)n1. The smallest absolute Gasteiger partial charge is 0.304 e. The van der Waals surface area contributed by atoms with Crippen LogP contribution >= 0.6 is 11.3 Å². The largest absolute Gasteiger partial charge is 0.383 e. The molecule has 0 saturated heterocycles. The summed E-state index contributed by atoms with van der Waals surface area (Å²) in [6, 6.07) is 0. The number of hydrogen-bond donors (Lipinski definition) is 2. The zero-order valence-electron chi connectivity index (χ0n) is 4.90. The van der Waals surface area contributed by atoms with Gasteiger partial charge < -0.3 is 10.6 Å². The summed E-state index contributed by atoms with van der Waals surface area (Å²) in [5.74, 6) is 0.382. The molecule has 1 heterocycles. The molecular formula is C4H5N3O2S. The Labute approximate surface area is 60.8 Å². The van der Waals surface area contributed by atoms with Gasteiger partial charge in [0, 0.05) is 5.38 Å². The van der Waals surface area contributed by atoms with Crippen molar-refractivity contribution in [1.82, 2.24) is 10.5 Å². The molecule has 0 fully saturated rings. The molecule has 1 rings (SSSR count). The first-order valence-corrected chi connectivity index (χ1v) is 3.28. The average molecular weight is 159 g/mol. The Bertz CT molecular complexity index is 224. The van der Waals surface area contributed by atoms with Crippen LogP contribution in [0.25, 0.3) is 0 Å². The number of carbonyl (C=O) groups excluding carboxylic acids is 1. The Kier molecular flexibility index (Phi) is 2.06. The van der Waals surface area contributed by atoms with Crippen LogP contribution in [0, 0.1) is 0 Å². The van der Waals surface area contributed by atoms with Crippen molar-refractivity contribution in [3.8, 4) is 5.19 Å². The molecule has 0 unspecified atom stereocenters. The van der Waals surface area contributed by atoms with Gasteiger partial charge in [-0.3, -0.25) is 4.79 Å². The van der Waals surface area contributed by atoms with Crippen LogP contribution in [0.3, 0.4) is 0 Å². The van der Waals surface area contributed by atoms with E-state index in [0.717, 1.165) is 0 Å². The topological polar surface area (TPSA) is 77.2 Å². The van der Waals surface area contributed by atoms with Crippen LogP contribution in [0.5, 0.6) is 5.19 Å². The summed E-state index contributed by atoms with van der Waals surface area (Å²) in [6.07, 6.45) is 0.414. The number of nitrogen functional groups attached to an aromatic ring is 1. The minimum absolute atomic E-state index is 0.324. The predicted octanol–water partition coefficient (Wildman–Crippen LogP) is -0.235. The first-order valence-electron chi connectivity index (χ1n) is 2.40. The number of aromatic nitrogens is 1. The molecule has 0 spiro atoms. The Morgan fingerprint density at radius 3 is 3.20 bits per heavy atom. The lowest BCUT2D eigenvalue weighted by Crippen LogP contribution is -2.15. The van der Waals surface area contributed by atoms with Gasteiger partial charge in [0.1, 0.15) is 5.82 Å². The summed E-state index contributed by atoms with van der Waals surface area (Å²) in [5, 5.41) is 1.94. The lowest BCUT2D eigenvalue weighted by Gasteiger charge is -1.93. The van der Waals surface area contributed by atoms with E-state index >= 15 is 0 Å². The van der Waals surface area contributed by atoms with Crippen molar-refractivity contribution in [3.63, 3.8) is 0 Å². The normalized spacial score (nSPS) is 8.80. The quantitative estimate of drug-likeness (QED) is 0.471. The molecule has 0 radical (unpaired) electrons. The lowest BCUT2D eigenvalue weighted by atomic mass is 10.8. The second-order valence-electron chi connectivity index (χ2n) is 1.38. The third kappa shape index (κ3) is 1.59. The number of carbonyl (C=O) groups is 1. The molecule has 0 aliphatic rings. The molecule has 0 aliphatic heterocycles. The highest BCUT2D eigenvalue weighted by Crippen LogP contribution is 2.17. The number of rotatable bonds is 3. The molecule has 3 N–H and O–H groups in total. The second kappa shape index (κ2) is 3.02. The summed E-state index contributed by atoms with van der Waals surface area (Å²) in [4.78, 5) is 18.0. The number of anilines is 1. The molecule has 10 heavy (non-hydrogen) atoms. The molecule has 0 saturated carbocycles. The Balaban J connectivity index is 2.49. The highest BCUT2D eigenvalue weighted by atomic mass is 32.1. The summed E-state index contributed by atoms with van der Waals surface area (Å²) < 4.78 is 0. The van der Waals surface area contributed by atoms with Crippen LogP contribution in [0.1, 0.15) is 0 Å². The maximum Gasteiger partial charge on any atom is 0.304 e. The van der Waals surface area contributed by atoms with E-state index in [-0.39, 0.29) is 0 Å². The van der Waals surface area contributed by atoms with Gasteiger partial charge in [0.15, 0.2) is 0 Å². The third-order valence-corrected chi connectivity index (χ3v) is 1.43. The maximum absolute atomic E-state index is 9.69. The van der Waals surface area contributed by atoms with Crippen molar-refractivity contribution in [2.45, 2.75) is 0 Å². The van der Waals surface area contributed by atoms with E-state index in [9.17, 15) is 4.79 Å². The van der Waals surface area contributed by atoms with E-state index in [1.54, 1.807) is 5.38 Å². The van der Waals surface area contributed by atoms with Gasteiger partial charge in [-0.25, -0.2) is 0 Å². The van der Waals surface area contributed by atoms with Crippen LogP contribution in [-0.4, -0.2) is 11.4 Å². The van der Waals surface area contributed by atoms with Crippen LogP contribution in [0.2, 0.25) is 0 Å². The van der Waals surface area contributed by atoms with Crippen LogP contribution in [-0.2, 0) is 4.79 Å². The molecular weight excluding hydrogens is 154 g/mol. The zero-order chi connectivity index (χ0) is 7.40. The van der Waals surface area contributed by atoms with Crippen LogP contribution < -0.4 is 16.1 Å². The van der Waals surface area contributed by atoms with Crippen molar-refractivity contribution in [2.75, 3.05) is 5.73 Å². The van der Waals surface area contributed by atoms with Crippen molar-refractivity contribution < 1.29 is 9.63 Å². The van der Waals surface area contributed by atoms with Gasteiger partial charge in [0.05, 0.1) is 0 Å². The van der Waals surface area contributed by atoms with Crippen molar-refractivity contribution >= 4 is 23.6 Å². The van der Waals surface area contributed by atoms with Gasteiger partial charge in [0.2, 0.25) is 6.41 Å². The van der Waals surface area contributed by atoms with Crippen LogP contribution in [0.4, 0.5) is 5.82 Å². The first-order chi connectivity index (χ1) is 4.83. The van der Waals surface area contributed by atoms with E-state index in [2.05, 4.69) is 9.82 Å². The summed E-state index contributed by atoms with van der Waals surface area (Å²) in [5.41, 5.74) is 7.24. The summed E-state index contributed by atoms with van der Waals surface area (Å²) in [6.45, 7) is 0. The van der Waals surface area contributed by atoms with Crippen molar-refractivity contribution in [2.24, 2.45) is 0 Å². The van der Waals surface area contributed by atoms with Crippen molar-refractivity contribution in [3.05, 3.63) is 5.38 Å². The number of hydroxylamine groups is 1.